The van der Waals surface area contributed by atoms with E-state index in [-0.39, 0.29) is 23.3 Å². The van der Waals surface area contributed by atoms with Crippen LogP contribution in [0.15, 0.2) is 39.8 Å². The fraction of sp³-hybridized carbons (Fsp3) is 0.231. The third-order valence-electron chi connectivity index (χ3n) is 2.89. The number of aromatic nitrogens is 2. The van der Waals surface area contributed by atoms with Crippen LogP contribution in [0.4, 0.5) is 17.5 Å². The molecule has 0 atom stereocenters. The second-order valence-corrected chi connectivity index (χ2v) is 7.27. The molecule has 0 aliphatic rings. The van der Waals surface area contributed by atoms with E-state index in [9.17, 15) is 8.42 Å². The molecule has 0 saturated heterocycles. The lowest BCUT2D eigenvalue weighted by atomic mass is 10.3. The van der Waals surface area contributed by atoms with Crippen LogP contribution in [0.2, 0.25) is 0 Å². The topological polar surface area (TPSA) is 89.2 Å². The van der Waals surface area contributed by atoms with E-state index in [0.717, 1.165) is 5.69 Å². The Morgan fingerprint density at radius 3 is 2.50 bits per heavy atom. The molecule has 22 heavy (non-hydrogen) atoms. The molecule has 0 unspecified atom stereocenters. The number of sulfone groups is 1. The van der Waals surface area contributed by atoms with Crippen LogP contribution in [0.5, 0.6) is 0 Å². The van der Waals surface area contributed by atoms with Gasteiger partial charge in [0, 0.05) is 23.5 Å². The quantitative estimate of drug-likeness (QED) is 0.838. The van der Waals surface area contributed by atoms with Gasteiger partial charge in [0.1, 0.15) is 5.82 Å². The van der Waals surface area contributed by atoms with Crippen molar-refractivity contribution < 1.29 is 8.42 Å². The van der Waals surface area contributed by atoms with Gasteiger partial charge in [-0.2, -0.15) is 4.98 Å². The van der Waals surface area contributed by atoms with Crippen LogP contribution in [-0.4, -0.2) is 31.2 Å². The number of anilines is 3. The third-order valence-corrected chi connectivity index (χ3v) is 4.64. The van der Waals surface area contributed by atoms with E-state index in [1.54, 1.807) is 30.5 Å². The Balaban J connectivity index is 0.00000242. The van der Waals surface area contributed by atoms with Crippen LogP contribution in [0, 0.1) is 0 Å². The van der Waals surface area contributed by atoms with Crippen LogP contribution < -0.4 is 10.6 Å². The summed E-state index contributed by atoms with van der Waals surface area (Å²) in [6.07, 6.45) is 2.76. The van der Waals surface area contributed by atoms with Crippen molar-refractivity contribution in [2.24, 2.45) is 0 Å². The molecule has 2 rings (SSSR count). The highest BCUT2D eigenvalue weighted by Gasteiger charge is 2.15. The predicted molar refractivity (Wildman–Crippen MR) is 93.6 cm³/mol. The van der Waals surface area contributed by atoms with E-state index in [1.807, 2.05) is 11.8 Å². The van der Waals surface area contributed by atoms with Gasteiger partial charge in [0.05, 0.1) is 10.6 Å². The Bertz CT molecular complexity index is 770. The molecule has 1 aromatic carbocycles. The SMILES string of the molecule is CCN(c1ccnc(N)n1)c1ccc(S(C)(=O)=O)cc1Br.Cl. The van der Waals surface area contributed by atoms with Crippen molar-refractivity contribution in [3.05, 3.63) is 34.9 Å². The number of nitrogens with zero attached hydrogens (tertiary/aromatic N) is 3. The van der Waals surface area contributed by atoms with Gasteiger partial charge < -0.3 is 10.6 Å². The molecule has 0 radical (unpaired) electrons. The molecular formula is C13H16BrClN4O2S. The van der Waals surface area contributed by atoms with Gasteiger partial charge in [0.25, 0.3) is 0 Å². The van der Waals surface area contributed by atoms with Gasteiger partial charge in [-0.1, -0.05) is 0 Å². The zero-order valence-corrected chi connectivity index (χ0v) is 15.2. The summed E-state index contributed by atoms with van der Waals surface area (Å²) in [5, 5.41) is 0. The minimum Gasteiger partial charge on any atom is -0.368 e. The largest absolute Gasteiger partial charge is 0.368 e. The summed E-state index contributed by atoms with van der Waals surface area (Å²) in [7, 11) is -3.24. The van der Waals surface area contributed by atoms with Crippen molar-refractivity contribution in [1.29, 1.82) is 0 Å². The first kappa shape index (κ1) is 18.7. The lowest BCUT2D eigenvalue weighted by Gasteiger charge is -2.23. The molecule has 1 aromatic heterocycles. The summed E-state index contributed by atoms with van der Waals surface area (Å²) in [5.74, 6) is 0.840. The number of nitrogen functional groups attached to an aromatic ring is 1. The maximum atomic E-state index is 11.6. The monoisotopic (exact) mass is 406 g/mol. The van der Waals surface area contributed by atoms with Gasteiger partial charge in [0.2, 0.25) is 5.95 Å². The summed E-state index contributed by atoms with van der Waals surface area (Å²) in [6, 6.07) is 6.64. The molecule has 1 heterocycles. The van der Waals surface area contributed by atoms with E-state index in [0.29, 0.717) is 16.8 Å². The standard InChI is InChI=1S/C13H15BrN4O2S.ClH/c1-3-18(12-6-7-16-13(15)17-12)11-5-4-9(8-10(11)14)21(2,19)20;/h4-8H,3H2,1-2H3,(H2,15,16,17);1H. The normalized spacial score (nSPS) is 10.9. The molecule has 0 aliphatic carbocycles. The van der Waals surface area contributed by atoms with Crippen LogP contribution in [-0.2, 0) is 9.84 Å². The van der Waals surface area contributed by atoms with Gasteiger partial charge in [-0.05, 0) is 47.1 Å². The Morgan fingerprint density at radius 2 is 2.00 bits per heavy atom. The first-order valence-corrected chi connectivity index (χ1v) is 8.87. The van der Waals surface area contributed by atoms with Gasteiger partial charge in [0.15, 0.2) is 9.84 Å². The highest BCUT2D eigenvalue weighted by Crippen LogP contribution is 2.32. The van der Waals surface area contributed by atoms with Crippen molar-refractivity contribution in [2.75, 3.05) is 23.4 Å². The minimum absolute atomic E-state index is 0. The maximum absolute atomic E-state index is 11.6. The number of nitrogens with two attached hydrogens (primary N) is 1. The average molecular weight is 408 g/mol. The number of halogens is 2. The minimum atomic E-state index is -3.24. The van der Waals surface area contributed by atoms with Crippen molar-refractivity contribution in [1.82, 2.24) is 9.97 Å². The van der Waals surface area contributed by atoms with Gasteiger partial charge in [-0.3, -0.25) is 0 Å². The molecule has 0 amide bonds. The first-order valence-electron chi connectivity index (χ1n) is 6.18. The van der Waals surface area contributed by atoms with E-state index >= 15 is 0 Å². The molecular weight excluding hydrogens is 392 g/mol. The van der Waals surface area contributed by atoms with Gasteiger partial charge >= 0.3 is 0 Å². The lowest BCUT2D eigenvalue weighted by Crippen LogP contribution is -2.18. The summed E-state index contributed by atoms with van der Waals surface area (Å²) < 4.78 is 23.8. The molecule has 6 nitrogen and oxygen atoms in total. The fourth-order valence-corrected chi connectivity index (χ4v) is 3.30. The zero-order valence-electron chi connectivity index (χ0n) is 12.0. The summed E-state index contributed by atoms with van der Waals surface area (Å²) in [5.41, 5.74) is 6.42. The smallest absolute Gasteiger partial charge is 0.221 e. The van der Waals surface area contributed by atoms with Crippen LogP contribution in [0.1, 0.15) is 6.92 Å². The molecule has 0 spiro atoms. The summed E-state index contributed by atoms with van der Waals surface area (Å²) in [4.78, 5) is 10.2. The van der Waals surface area contributed by atoms with E-state index in [4.69, 9.17) is 5.73 Å². The van der Waals surface area contributed by atoms with Crippen molar-refractivity contribution >= 4 is 55.6 Å². The second kappa shape index (κ2) is 7.26. The van der Waals surface area contributed by atoms with Crippen molar-refractivity contribution in [3.63, 3.8) is 0 Å². The number of benzene rings is 1. The Labute approximate surface area is 144 Å². The molecule has 2 N–H and O–H groups in total. The summed E-state index contributed by atoms with van der Waals surface area (Å²) in [6.45, 7) is 2.61. The molecule has 2 aromatic rings. The fourth-order valence-electron chi connectivity index (χ4n) is 1.91. The molecule has 9 heteroatoms. The van der Waals surface area contributed by atoms with E-state index in [2.05, 4.69) is 25.9 Å². The maximum Gasteiger partial charge on any atom is 0.221 e. The van der Waals surface area contributed by atoms with Gasteiger partial charge in [-0.15, -0.1) is 12.4 Å². The number of hydrogen-bond donors (Lipinski definition) is 1. The third kappa shape index (κ3) is 4.08. The highest BCUT2D eigenvalue weighted by molar-refractivity contribution is 9.10. The lowest BCUT2D eigenvalue weighted by molar-refractivity contribution is 0.602. The molecule has 0 saturated carbocycles. The Morgan fingerprint density at radius 1 is 1.32 bits per heavy atom. The molecule has 0 aliphatic heterocycles. The first-order chi connectivity index (χ1) is 9.82. The zero-order chi connectivity index (χ0) is 15.6. The van der Waals surface area contributed by atoms with Crippen LogP contribution >= 0.6 is 28.3 Å². The molecule has 0 bridgehead atoms. The Kier molecular flexibility index (Phi) is 6.16. The van der Waals surface area contributed by atoms with E-state index < -0.39 is 9.84 Å². The van der Waals surface area contributed by atoms with Crippen LogP contribution in [0.3, 0.4) is 0 Å². The van der Waals surface area contributed by atoms with Gasteiger partial charge in [-0.25, -0.2) is 13.4 Å². The van der Waals surface area contributed by atoms with Crippen LogP contribution in [0.25, 0.3) is 0 Å². The Hall–Kier alpha value is -1.38. The summed E-state index contributed by atoms with van der Waals surface area (Å²) >= 11 is 3.42. The molecule has 120 valence electrons. The van der Waals surface area contributed by atoms with E-state index in [1.165, 1.54) is 6.26 Å². The number of hydrogen-bond acceptors (Lipinski definition) is 6. The van der Waals surface area contributed by atoms with Crippen molar-refractivity contribution in [2.45, 2.75) is 11.8 Å². The predicted octanol–water partition coefficient (Wildman–Crippen LogP) is 2.80. The average Bonchev–Trinajstić information content (AvgIpc) is 2.40. The highest BCUT2D eigenvalue weighted by atomic mass is 79.9. The van der Waals surface area contributed by atoms with Crippen molar-refractivity contribution in [3.8, 4) is 0 Å². The number of rotatable bonds is 4. The second-order valence-electron chi connectivity index (χ2n) is 4.40. The molecule has 0 fully saturated rings.